The van der Waals surface area contributed by atoms with Gasteiger partial charge in [-0.2, -0.15) is 26.3 Å². The van der Waals surface area contributed by atoms with E-state index in [0.29, 0.717) is 66.9 Å². The van der Waals surface area contributed by atoms with Gasteiger partial charge in [0, 0.05) is 198 Å². The van der Waals surface area contributed by atoms with Gasteiger partial charge in [0.1, 0.15) is 0 Å². The highest BCUT2D eigenvalue weighted by atomic mass is 32.1. The van der Waals surface area contributed by atoms with Crippen LogP contribution in [0.3, 0.4) is 0 Å². The van der Waals surface area contributed by atoms with Gasteiger partial charge >= 0.3 is 29.8 Å². The molecule has 1 unspecified atom stereocenters. The molecule has 148 heavy (non-hydrogen) atoms. The van der Waals surface area contributed by atoms with Crippen LogP contribution in [0.2, 0.25) is 0 Å². The Bertz CT molecular complexity index is 7810. The molecule has 20 aromatic rings. The van der Waals surface area contributed by atoms with Gasteiger partial charge in [-0.3, -0.25) is 48.9 Å². The highest BCUT2D eigenvalue weighted by molar-refractivity contribution is 7.20. The molecule has 5 atom stereocenters. The summed E-state index contributed by atoms with van der Waals surface area (Å²) in [6.07, 6.45) is 19.9. The van der Waals surface area contributed by atoms with Gasteiger partial charge in [0.25, 0.3) is 0 Å². The van der Waals surface area contributed by atoms with Crippen LogP contribution in [-0.4, -0.2) is 84.8 Å². The number of nitriles is 5. The third-order valence-corrected chi connectivity index (χ3v) is 31.2. The monoisotopic (exact) mass is 2060 g/mol. The second kappa shape index (κ2) is 52.6. The number of rotatable bonds is 23. The fourth-order valence-electron chi connectivity index (χ4n) is 17.8. The van der Waals surface area contributed by atoms with Crippen molar-refractivity contribution in [3.63, 3.8) is 0 Å². The smallest absolute Gasteiger partial charge is 0.306 e. The van der Waals surface area contributed by atoms with Crippen molar-refractivity contribution in [3.05, 3.63) is 326 Å². The number of thiophene rings is 5. The van der Waals surface area contributed by atoms with E-state index < -0.39 is 11.9 Å². The number of hydrogen-bond acceptors (Lipinski definition) is 23. The number of aliphatic carboxylic acids is 2. The number of esters is 3. The number of carboxylic acid groups (broad SMARTS) is 2. The van der Waals surface area contributed by atoms with Crippen LogP contribution in [-0.2, 0) is 38.2 Å². The molecule has 0 saturated heterocycles. The normalized spacial score (nSPS) is 11.5. The Balaban J connectivity index is 0.000000203. The maximum atomic E-state index is 11.9. The summed E-state index contributed by atoms with van der Waals surface area (Å²) in [4.78, 5) is 85.4. The summed E-state index contributed by atoms with van der Waals surface area (Å²) < 4.78 is 20.6. The average Bonchev–Trinajstić information content (AvgIpc) is 1.52. The maximum absolute atomic E-state index is 11.9. The molecule has 0 fully saturated rings. The molecule has 0 amide bonds. The molecule has 0 aliphatic carbocycles. The topological polar surface area (TPSA) is 337 Å². The van der Waals surface area contributed by atoms with E-state index in [1.54, 1.807) is 56.7 Å². The first-order valence-electron chi connectivity index (χ1n) is 45.9. The van der Waals surface area contributed by atoms with Gasteiger partial charge < -0.3 is 24.4 Å². The highest BCUT2D eigenvalue weighted by Gasteiger charge is 2.26. The van der Waals surface area contributed by atoms with Gasteiger partial charge in [-0.15, -0.1) is 56.7 Å². The van der Waals surface area contributed by atoms with Crippen LogP contribution >= 0.6 is 56.7 Å². The molecule has 20 nitrogen and oxygen atoms in total. The van der Waals surface area contributed by atoms with Crippen LogP contribution in [0.1, 0.15) is 221 Å². The lowest BCUT2D eigenvalue weighted by atomic mass is 9.94. The van der Waals surface area contributed by atoms with E-state index in [4.69, 9.17) is 24.4 Å². The van der Waals surface area contributed by atoms with Crippen LogP contribution in [0, 0.1) is 56.7 Å². The fourth-order valence-corrected chi connectivity index (χ4v) is 23.3. The minimum absolute atomic E-state index is 0. The van der Waals surface area contributed by atoms with Gasteiger partial charge in [0.2, 0.25) is 0 Å². The Morgan fingerprint density at radius 3 is 0.581 bits per heavy atom. The number of benzene rings is 10. The number of fused-ring (bicyclic) bond motifs is 10. The average molecular weight is 2060 g/mol. The van der Waals surface area contributed by atoms with Crippen molar-refractivity contribution < 1.29 is 48.4 Å². The van der Waals surface area contributed by atoms with Crippen molar-refractivity contribution in [2.45, 2.75) is 169 Å². The summed E-state index contributed by atoms with van der Waals surface area (Å²) in [5.74, 6) is -1.97. The van der Waals surface area contributed by atoms with Crippen LogP contribution in [0.5, 0.6) is 0 Å². The lowest BCUT2D eigenvalue weighted by Crippen LogP contribution is -2.07. The van der Waals surface area contributed by atoms with Crippen LogP contribution < -0.4 is 0 Å². The Hall–Kier alpha value is -16.2. The lowest BCUT2D eigenvalue weighted by molar-refractivity contribution is -0.144. The Labute approximate surface area is 885 Å². The number of nitrogens with zero attached hydrogens (tertiary/aromatic N) is 10. The first kappa shape index (κ1) is 115. The largest absolute Gasteiger partial charge is 0.481 e. The van der Waals surface area contributed by atoms with E-state index in [0.717, 1.165) is 184 Å². The second-order valence-electron chi connectivity index (χ2n) is 34.1. The number of carbonyl (C=O) groups is 5. The molecule has 10 heterocycles. The number of hydrogen-bond donors (Lipinski definition) is 2. The summed E-state index contributed by atoms with van der Waals surface area (Å²) in [6, 6.07) is 80.8. The molecular formula is C123H120N10O10S5. The molecule has 25 heteroatoms. The van der Waals surface area contributed by atoms with Crippen LogP contribution in [0.15, 0.2) is 274 Å². The molecule has 10 aromatic heterocycles. The van der Waals surface area contributed by atoms with Crippen molar-refractivity contribution >= 4 is 191 Å². The van der Waals surface area contributed by atoms with E-state index in [2.05, 4.69) is 85.6 Å². The van der Waals surface area contributed by atoms with Crippen molar-refractivity contribution in [1.29, 1.82) is 26.3 Å². The van der Waals surface area contributed by atoms with Gasteiger partial charge in [-0.05, 0) is 136 Å². The molecular weight excluding hydrogens is 1940 g/mol. The fraction of sp³-hybridized carbons (Fsp3) is 0.228. The third-order valence-electron chi connectivity index (χ3n) is 24.7. The van der Waals surface area contributed by atoms with Gasteiger partial charge in [-0.25, -0.2) is 0 Å². The molecule has 752 valence electrons. The van der Waals surface area contributed by atoms with Crippen molar-refractivity contribution in [2.24, 2.45) is 0 Å². The van der Waals surface area contributed by atoms with Crippen LogP contribution in [0.25, 0.3) is 160 Å². The highest BCUT2D eigenvalue weighted by Crippen LogP contribution is 2.48. The number of ether oxygens (including phenoxy) is 3. The Morgan fingerprint density at radius 1 is 0.250 bits per heavy atom. The molecule has 0 saturated carbocycles. The third kappa shape index (κ3) is 25.1. The molecule has 0 radical (unpaired) electrons. The summed E-state index contributed by atoms with van der Waals surface area (Å²) in [5.41, 5.74) is 13.6. The van der Waals surface area contributed by atoms with E-state index in [9.17, 15) is 50.3 Å². The number of carbonyl (C=O) groups excluding carboxylic acids is 3. The molecule has 0 bridgehead atoms. The van der Waals surface area contributed by atoms with E-state index >= 15 is 0 Å². The SMILES string of the molecule is C.C.C.C.C.C.C.CCOC(=O)CC(C)c1cc2c(-c3ccc(C#N)c4ccccc34)cncc2s1.CCOC(=O)C[C@@H](C)c1cc2c(-c3ccc(C#N)c4ccccc34)cncc2s1.CCOC(=O)C[C@H](C)c1cc2c(-c3ccc(C#N)c4ccccc34)cncc2s1.C[C@@H](CC(=O)O)c1cc2c(-c3ccc(C#N)c4ccccc34)cncc2s1.C[C@H](CC(=O)O)c1cc2c(-c3ccc(C#N)c4ccccc34)cncc2s1. The lowest BCUT2D eigenvalue weighted by Gasteiger charge is -2.09. The van der Waals surface area contributed by atoms with Gasteiger partial charge in [-0.1, -0.05) is 238 Å². The molecule has 10 aromatic carbocycles. The molecule has 0 aliphatic heterocycles. The van der Waals surface area contributed by atoms with Gasteiger partial charge in [0.05, 0.1) is 134 Å². The zero-order valence-electron chi connectivity index (χ0n) is 78.2. The second-order valence-corrected chi connectivity index (χ2v) is 39.6. The number of pyridine rings is 5. The zero-order valence-corrected chi connectivity index (χ0v) is 82.3. The minimum atomic E-state index is -0.795. The first-order chi connectivity index (χ1) is 68.5. The quantitative estimate of drug-likeness (QED) is 0.0444. The number of carboxylic acids is 2. The van der Waals surface area contributed by atoms with E-state index in [1.807, 2.05) is 299 Å². The summed E-state index contributed by atoms with van der Waals surface area (Å²) in [7, 11) is 0. The zero-order chi connectivity index (χ0) is 99.1. The predicted molar refractivity (Wildman–Crippen MR) is 614 cm³/mol. The van der Waals surface area contributed by atoms with Crippen LogP contribution in [0.4, 0.5) is 0 Å². The number of aromatic nitrogens is 5. The predicted octanol–water partition coefficient (Wildman–Crippen LogP) is 33.7. The van der Waals surface area contributed by atoms with Crippen molar-refractivity contribution in [1.82, 2.24) is 24.9 Å². The molecule has 2 N–H and O–H groups in total. The Morgan fingerprint density at radius 2 is 0.419 bits per heavy atom. The van der Waals surface area contributed by atoms with Crippen molar-refractivity contribution in [2.75, 3.05) is 19.8 Å². The van der Waals surface area contributed by atoms with E-state index in [-0.39, 0.29) is 112 Å². The Kier molecular flexibility index (Phi) is 41.0. The maximum Gasteiger partial charge on any atom is 0.306 e. The minimum Gasteiger partial charge on any atom is -0.481 e. The summed E-state index contributed by atoms with van der Waals surface area (Å²) >= 11 is 8.18. The standard InChI is InChI=1S/3C24H20N2O2S.2C22H16N2O2S.7CH4/c3*1-3-28-24(27)10-15(2)22-11-20-21(13-26-14-23(20)29-22)19-9-8-16(12-25)17-6-4-5-7-18(17)19;2*1-13(8-22(25)26)20-9-18-19(11-24-12-21(18)27-20)17-7-6-14(10-23)15-4-2-3-5-16(15)17;;;;;;;/h3*4-9,11,13-15H,3,10H2,1-2H3;2*2-7,9,11-13H,8H2,1H3,(H,25,26);7*1H4/t2*15-;;2*13-;;;;;;;/m10.10......./s1. The first-order valence-corrected chi connectivity index (χ1v) is 50.0. The molecule has 20 rings (SSSR count). The summed E-state index contributed by atoms with van der Waals surface area (Å²) in [5, 5.41) is 80.6. The summed E-state index contributed by atoms with van der Waals surface area (Å²) in [6.45, 7) is 16.7. The van der Waals surface area contributed by atoms with E-state index in [1.165, 1.54) is 0 Å². The van der Waals surface area contributed by atoms with Gasteiger partial charge in [0.15, 0.2) is 0 Å². The molecule has 0 aliphatic rings. The van der Waals surface area contributed by atoms with Crippen molar-refractivity contribution in [3.8, 4) is 86.0 Å². The molecule has 0 spiro atoms.